The maximum atomic E-state index is 5.75. The fraction of sp³-hybridized carbons (Fsp3) is 0.818. The van der Waals surface area contributed by atoms with Crippen molar-refractivity contribution in [2.45, 2.75) is 49.4 Å². The van der Waals surface area contributed by atoms with Gasteiger partial charge in [0, 0.05) is 13.0 Å². The summed E-state index contributed by atoms with van der Waals surface area (Å²) in [5.41, 5.74) is 0. The fourth-order valence-corrected chi connectivity index (χ4v) is 2.03. The van der Waals surface area contributed by atoms with Crippen molar-refractivity contribution in [2.24, 2.45) is 0 Å². The molecule has 82 valence electrons. The number of rotatable bonds is 5. The summed E-state index contributed by atoms with van der Waals surface area (Å²) in [5.74, 6) is 0. The number of allylic oxidation sites excluding steroid dienone is 1. The minimum absolute atomic E-state index is 0.0423. The monoisotopic (exact) mass is 310 g/mol. The maximum absolute atomic E-state index is 5.75. The molecule has 0 radical (unpaired) electrons. The normalized spacial score (nSPS) is 25.4. The van der Waals surface area contributed by atoms with Gasteiger partial charge >= 0.3 is 0 Å². The molecule has 0 saturated carbocycles. The highest BCUT2D eigenvalue weighted by molar-refractivity contribution is 14.1. The molecule has 0 aliphatic carbocycles. The van der Waals surface area contributed by atoms with Crippen LogP contribution in [0.1, 0.15) is 39.0 Å². The second-order valence-corrected chi connectivity index (χ2v) is 4.85. The Bertz CT molecular complexity index is 165. The average Bonchev–Trinajstić information content (AvgIpc) is 2.20. The van der Waals surface area contributed by atoms with Crippen LogP contribution < -0.4 is 0 Å². The Morgan fingerprint density at radius 1 is 1.50 bits per heavy atom. The fourth-order valence-electron chi connectivity index (χ4n) is 1.41. The molecule has 0 bridgehead atoms. The first-order valence-electron chi connectivity index (χ1n) is 5.39. The zero-order valence-corrected chi connectivity index (χ0v) is 10.9. The van der Waals surface area contributed by atoms with Crippen molar-refractivity contribution in [1.29, 1.82) is 0 Å². The van der Waals surface area contributed by atoms with E-state index in [0.717, 1.165) is 25.9 Å². The zero-order chi connectivity index (χ0) is 10.2. The van der Waals surface area contributed by atoms with Gasteiger partial charge in [0.15, 0.2) is 6.29 Å². The number of alkyl halides is 1. The van der Waals surface area contributed by atoms with E-state index in [9.17, 15) is 0 Å². The summed E-state index contributed by atoms with van der Waals surface area (Å²) in [4.78, 5) is 0. The van der Waals surface area contributed by atoms with Gasteiger partial charge in [0.1, 0.15) is 4.11 Å². The Balaban J connectivity index is 2.11. The molecular weight excluding hydrogens is 291 g/mol. The van der Waals surface area contributed by atoms with Crippen LogP contribution in [0.25, 0.3) is 0 Å². The molecule has 0 spiro atoms. The molecule has 0 aromatic carbocycles. The largest absolute Gasteiger partial charge is 0.353 e. The second-order valence-electron chi connectivity index (χ2n) is 3.46. The van der Waals surface area contributed by atoms with E-state index in [0.29, 0.717) is 0 Å². The van der Waals surface area contributed by atoms with Gasteiger partial charge in [-0.1, -0.05) is 41.7 Å². The van der Waals surface area contributed by atoms with E-state index in [-0.39, 0.29) is 10.4 Å². The van der Waals surface area contributed by atoms with Gasteiger partial charge in [-0.25, -0.2) is 0 Å². The van der Waals surface area contributed by atoms with Crippen LogP contribution in [0.3, 0.4) is 0 Å². The minimum Gasteiger partial charge on any atom is -0.353 e. The highest BCUT2D eigenvalue weighted by Crippen LogP contribution is 2.19. The third kappa shape index (κ3) is 5.32. The molecule has 1 aliphatic rings. The first-order valence-corrected chi connectivity index (χ1v) is 6.63. The lowest BCUT2D eigenvalue weighted by Crippen LogP contribution is -2.25. The van der Waals surface area contributed by atoms with Gasteiger partial charge in [0.25, 0.3) is 0 Å². The van der Waals surface area contributed by atoms with E-state index in [1.165, 1.54) is 12.8 Å². The van der Waals surface area contributed by atoms with Crippen molar-refractivity contribution in [1.82, 2.24) is 0 Å². The van der Waals surface area contributed by atoms with Crippen LogP contribution >= 0.6 is 22.6 Å². The van der Waals surface area contributed by atoms with Crippen LogP contribution in [0.2, 0.25) is 0 Å². The Labute approximate surface area is 100 Å². The molecule has 1 saturated heterocycles. The van der Waals surface area contributed by atoms with Gasteiger partial charge in [0.05, 0.1) is 0 Å². The molecule has 1 rings (SSSR count). The van der Waals surface area contributed by atoms with E-state index in [2.05, 4.69) is 41.7 Å². The lowest BCUT2D eigenvalue weighted by atomic mass is 10.2. The quantitative estimate of drug-likeness (QED) is 0.438. The van der Waals surface area contributed by atoms with Gasteiger partial charge in [-0.05, 0) is 25.7 Å². The van der Waals surface area contributed by atoms with Crippen LogP contribution in [0, 0.1) is 0 Å². The molecule has 2 nitrogen and oxygen atoms in total. The number of hydrogen-bond donors (Lipinski definition) is 0. The summed E-state index contributed by atoms with van der Waals surface area (Å²) in [6, 6.07) is 0. The first-order chi connectivity index (χ1) is 6.83. The number of hydrogen-bond acceptors (Lipinski definition) is 2. The lowest BCUT2D eigenvalue weighted by molar-refractivity contribution is -0.165. The van der Waals surface area contributed by atoms with Crippen LogP contribution in [0.5, 0.6) is 0 Å². The van der Waals surface area contributed by atoms with Gasteiger partial charge in [-0.3, -0.25) is 0 Å². The van der Waals surface area contributed by atoms with Gasteiger partial charge in [-0.2, -0.15) is 0 Å². The highest BCUT2D eigenvalue weighted by atomic mass is 127. The average molecular weight is 310 g/mol. The smallest absolute Gasteiger partial charge is 0.159 e. The Morgan fingerprint density at radius 2 is 2.36 bits per heavy atom. The van der Waals surface area contributed by atoms with Crippen molar-refractivity contribution in [3.8, 4) is 0 Å². The first kappa shape index (κ1) is 12.5. The maximum Gasteiger partial charge on any atom is 0.159 e. The van der Waals surface area contributed by atoms with E-state index in [1.807, 2.05) is 0 Å². The number of halogens is 1. The van der Waals surface area contributed by atoms with Crippen molar-refractivity contribution in [3.63, 3.8) is 0 Å². The molecule has 2 unspecified atom stereocenters. The van der Waals surface area contributed by atoms with Crippen LogP contribution in [0.15, 0.2) is 12.2 Å². The zero-order valence-electron chi connectivity index (χ0n) is 8.75. The Kier molecular flexibility index (Phi) is 6.81. The highest BCUT2D eigenvalue weighted by Gasteiger charge is 2.16. The topological polar surface area (TPSA) is 18.5 Å². The molecule has 0 amide bonds. The minimum atomic E-state index is 0.0423. The molecule has 0 N–H and O–H groups in total. The SMILES string of the molecule is CCC=CCC(I)OC1CCCCO1. The molecule has 0 aromatic rings. The van der Waals surface area contributed by atoms with E-state index in [1.54, 1.807) is 0 Å². The lowest BCUT2D eigenvalue weighted by Gasteiger charge is -2.24. The molecule has 2 atom stereocenters. The van der Waals surface area contributed by atoms with Crippen LogP contribution in [-0.4, -0.2) is 17.0 Å². The predicted octanol–water partition coefficient (Wildman–Crippen LogP) is 3.65. The predicted molar refractivity (Wildman–Crippen MR) is 66.5 cm³/mol. The van der Waals surface area contributed by atoms with Crippen LogP contribution in [0.4, 0.5) is 0 Å². The summed E-state index contributed by atoms with van der Waals surface area (Å²) in [6.07, 6.45) is 9.95. The molecular formula is C11H19IO2. The Hall–Kier alpha value is 0.390. The van der Waals surface area contributed by atoms with Gasteiger partial charge < -0.3 is 9.47 Å². The van der Waals surface area contributed by atoms with Crippen molar-refractivity contribution in [2.75, 3.05) is 6.61 Å². The molecule has 1 fully saturated rings. The van der Waals surface area contributed by atoms with Crippen molar-refractivity contribution in [3.05, 3.63) is 12.2 Å². The standard InChI is InChI=1S/C11H19IO2/c1-2-3-4-7-10(12)14-11-8-5-6-9-13-11/h3-4,10-11H,2,5-9H2,1H3. The van der Waals surface area contributed by atoms with Crippen molar-refractivity contribution < 1.29 is 9.47 Å². The Morgan fingerprint density at radius 3 is 3.00 bits per heavy atom. The number of ether oxygens (including phenoxy) is 2. The summed E-state index contributed by atoms with van der Waals surface area (Å²) in [5, 5.41) is 0. The molecule has 3 heteroatoms. The van der Waals surface area contributed by atoms with E-state index in [4.69, 9.17) is 9.47 Å². The van der Waals surface area contributed by atoms with Crippen LogP contribution in [-0.2, 0) is 9.47 Å². The third-order valence-electron chi connectivity index (χ3n) is 2.16. The third-order valence-corrected chi connectivity index (χ3v) is 2.96. The summed E-state index contributed by atoms with van der Waals surface area (Å²) < 4.78 is 11.5. The molecule has 0 aromatic heterocycles. The van der Waals surface area contributed by atoms with E-state index >= 15 is 0 Å². The molecule has 1 heterocycles. The van der Waals surface area contributed by atoms with Gasteiger partial charge in [-0.15, -0.1) is 0 Å². The van der Waals surface area contributed by atoms with E-state index < -0.39 is 0 Å². The summed E-state index contributed by atoms with van der Waals surface area (Å²) >= 11 is 2.33. The van der Waals surface area contributed by atoms with Crippen molar-refractivity contribution >= 4 is 22.6 Å². The molecule has 14 heavy (non-hydrogen) atoms. The second kappa shape index (κ2) is 7.65. The summed E-state index contributed by atoms with van der Waals surface area (Å²) in [7, 11) is 0. The summed E-state index contributed by atoms with van der Waals surface area (Å²) in [6.45, 7) is 3.00. The molecule has 1 aliphatic heterocycles. The van der Waals surface area contributed by atoms with Gasteiger partial charge in [0.2, 0.25) is 0 Å².